The number of carbonyl (C=O) groups is 2. The molecular formula is C9H17N3O2S. The molecule has 1 saturated heterocycles. The second kappa shape index (κ2) is 4.85. The summed E-state index contributed by atoms with van der Waals surface area (Å²) in [6, 6.07) is -0.293. The molecule has 3 N–H and O–H groups in total. The maximum Gasteiger partial charge on any atom is 0.325 e. The minimum absolute atomic E-state index is 0.152. The molecule has 1 heterocycles. The summed E-state index contributed by atoms with van der Waals surface area (Å²) in [5.74, 6) is 1.44. The molecule has 0 atom stereocenters. The van der Waals surface area contributed by atoms with Crippen molar-refractivity contribution in [2.24, 2.45) is 5.73 Å². The van der Waals surface area contributed by atoms with E-state index in [0.29, 0.717) is 13.1 Å². The van der Waals surface area contributed by atoms with Gasteiger partial charge in [-0.3, -0.25) is 9.69 Å². The van der Waals surface area contributed by atoms with Crippen molar-refractivity contribution in [2.75, 3.05) is 24.6 Å². The fraction of sp³-hybridized carbons (Fsp3) is 0.778. The third-order valence-corrected chi connectivity index (χ3v) is 3.16. The topological polar surface area (TPSA) is 75.4 Å². The Morgan fingerprint density at radius 1 is 1.40 bits per heavy atom. The molecule has 0 saturated carbocycles. The first-order valence-corrected chi connectivity index (χ1v) is 6.06. The number of imide groups is 1. The lowest BCUT2D eigenvalue weighted by Crippen LogP contribution is -2.40. The molecule has 1 rings (SSSR count). The van der Waals surface area contributed by atoms with Crippen LogP contribution in [-0.2, 0) is 4.79 Å². The highest BCUT2D eigenvalue weighted by Crippen LogP contribution is 2.16. The predicted octanol–water partition coefficient (Wildman–Crippen LogP) is 0.00870. The second-order valence-corrected chi connectivity index (χ2v) is 5.14. The number of nitrogens with one attached hydrogen (secondary N) is 1. The number of nitrogens with zero attached hydrogens (tertiary/aromatic N) is 1. The van der Waals surface area contributed by atoms with Crippen LogP contribution in [0.15, 0.2) is 0 Å². The number of amides is 3. The summed E-state index contributed by atoms with van der Waals surface area (Å²) in [5, 5.41) is 2.64. The summed E-state index contributed by atoms with van der Waals surface area (Å²) in [6.45, 7) is 4.50. The van der Waals surface area contributed by atoms with E-state index < -0.39 is 5.54 Å². The zero-order valence-corrected chi connectivity index (χ0v) is 9.89. The van der Waals surface area contributed by atoms with E-state index in [9.17, 15) is 9.59 Å². The molecule has 3 amide bonds. The summed E-state index contributed by atoms with van der Waals surface area (Å²) in [6.07, 6.45) is 0. The van der Waals surface area contributed by atoms with E-state index in [-0.39, 0.29) is 11.9 Å². The van der Waals surface area contributed by atoms with E-state index >= 15 is 0 Å². The van der Waals surface area contributed by atoms with Gasteiger partial charge < -0.3 is 11.1 Å². The van der Waals surface area contributed by atoms with Crippen molar-refractivity contribution >= 4 is 23.7 Å². The van der Waals surface area contributed by atoms with Gasteiger partial charge in [-0.15, -0.1) is 0 Å². The summed E-state index contributed by atoms with van der Waals surface area (Å²) in [5.41, 5.74) is 4.59. The highest BCUT2D eigenvalue weighted by molar-refractivity contribution is 7.99. The first kappa shape index (κ1) is 12.3. The Balaban J connectivity index is 2.42. The molecule has 0 aromatic heterocycles. The van der Waals surface area contributed by atoms with E-state index in [1.165, 1.54) is 4.90 Å². The normalized spacial score (nSPS) is 19.5. The molecule has 0 aliphatic carbocycles. The van der Waals surface area contributed by atoms with Crippen LogP contribution in [0.5, 0.6) is 0 Å². The summed E-state index contributed by atoms with van der Waals surface area (Å²) >= 11 is 1.65. The molecule has 0 bridgehead atoms. The van der Waals surface area contributed by atoms with Crippen molar-refractivity contribution in [3.05, 3.63) is 0 Å². The fourth-order valence-corrected chi connectivity index (χ4v) is 2.04. The molecule has 1 aliphatic heterocycles. The second-order valence-electron chi connectivity index (χ2n) is 3.91. The van der Waals surface area contributed by atoms with Crippen LogP contribution in [0.2, 0.25) is 0 Å². The van der Waals surface area contributed by atoms with Gasteiger partial charge in [-0.2, -0.15) is 11.8 Å². The lowest BCUT2D eigenvalue weighted by atomic mass is 10.1. The van der Waals surface area contributed by atoms with Crippen LogP contribution >= 0.6 is 11.8 Å². The van der Waals surface area contributed by atoms with Gasteiger partial charge in [0.1, 0.15) is 5.54 Å². The van der Waals surface area contributed by atoms with Gasteiger partial charge in [-0.05, 0) is 13.8 Å². The van der Waals surface area contributed by atoms with Crippen LogP contribution in [-0.4, -0.2) is 47.0 Å². The monoisotopic (exact) mass is 231 g/mol. The quantitative estimate of drug-likeness (QED) is 0.516. The molecule has 15 heavy (non-hydrogen) atoms. The molecule has 6 heteroatoms. The average Bonchev–Trinajstić information content (AvgIpc) is 2.33. The Kier molecular flexibility index (Phi) is 3.98. The van der Waals surface area contributed by atoms with E-state index in [2.05, 4.69) is 5.32 Å². The smallest absolute Gasteiger partial charge is 0.325 e. The van der Waals surface area contributed by atoms with Crippen molar-refractivity contribution in [3.63, 3.8) is 0 Å². The molecule has 1 aliphatic rings. The third kappa shape index (κ3) is 2.85. The van der Waals surface area contributed by atoms with Crippen molar-refractivity contribution < 1.29 is 9.59 Å². The molecule has 0 spiro atoms. The SMILES string of the molecule is CC1(C)NC(=O)N(CCSCCN)C1=O. The maximum absolute atomic E-state index is 11.7. The lowest BCUT2D eigenvalue weighted by molar-refractivity contribution is -0.130. The minimum Gasteiger partial charge on any atom is -0.330 e. The molecule has 0 aromatic rings. The van der Waals surface area contributed by atoms with Crippen molar-refractivity contribution in [1.29, 1.82) is 0 Å². The minimum atomic E-state index is -0.754. The summed E-state index contributed by atoms with van der Waals surface area (Å²) < 4.78 is 0. The van der Waals surface area contributed by atoms with Crippen LogP contribution in [0.3, 0.4) is 0 Å². The van der Waals surface area contributed by atoms with Crippen LogP contribution in [0.4, 0.5) is 4.79 Å². The number of nitrogens with two attached hydrogens (primary N) is 1. The maximum atomic E-state index is 11.7. The zero-order chi connectivity index (χ0) is 11.5. The molecule has 0 unspecified atom stereocenters. The number of urea groups is 1. The van der Waals surface area contributed by atoms with Crippen molar-refractivity contribution in [3.8, 4) is 0 Å². The largest absolute Gasteiger partial charge is 0.330 e. The van der Waals surface area contributed by atoms with Crippen LogP contribution in [0.25, 0.3) is 0 Å². The lowest BCUT2D eigenvalue weighted by Gasteiger charge is -2.15. The summed E-state index contributed by atoms with van der Waals surface area (Å²) in [4.78, 5) is 24.4. The number of hydrogen-bond acceptors (Lipinski definition) is 4. The Hall–Kier alpha value is -0.750. The molecule has 0 radical (unpaired) electrons. The van der Waals surface area contributed by atoms with Gasteiger partial charge in [-0.25, -0.2) is 4.79 Å². The number of hydrogen-bond donors (Lipinski definition) is 2. The van der Waals surface area contributed by atoms with Crippen molar-refractivity contribution in [1.82, 2.24) is 10.2 Å². The number of thioether (sulfide) groups is 1. The Labute approximate surface area is 93.7 Å². The van der Waals surface area contributed by atoms with E-state index in [1.807, 2.05) is 0 Å². The highest BCUT2D eigenvalue weighted by Gasteiger charge is 2.43. The van der Waals surface area contributed by atoms with E-state index in [4.69, 9.17) is 5.73 Å². The standard InChI is InChI=1S/C9H17N3O2S/c1-9(2)7(13)12(8(14)11-9)4-6-15-5-3-10/h3-6,10H2,1-2H3,(H,11,14). The first-order chi connectivity index (χ1) is 6.99. The van der Waals surface area contributed by atoms with Gasteiger partial charge in [-0.1, -0.05) is 0 Å². The number of rotatable bonds is 5. The van der Waals surface area contributed by atoms with Gasteiger partial charge in [0.05, 0.1) is 0 Å². The first-order valence-electron chi connectivity index (χ1n) is 4.91. The Morgan fingerprint density at radius 2 is 2.07 bits per heavy atom. The number of carbonyl (C=O) groups excluding carboxylic acids is 2. The third-order valence-electron chi connectivity index (χ3n) is 2.17. The van der Waals surface area contributed by atoms with Gasteiger partial charge in [0, 0.05) is 24.6 Å². The Morgan fingerprint density at radius 3 is 2.53 bits per heavy atom. The van der Waals surface area contributed by atoms with Crippen LogP contribution in [0.1, 0.15) is 13.8 Å². The Bertz CT molecular complexity index is 268. The fourth-order valence-electron chi connectivity index (χ4n) is 1.36. The molecule has 86 valence electrons. The van der Waals surface area contributed by atoms with Gasteiger partial charge in [0.2, 0.25) is 0 Å². The van der Waals surface area contributed by atoms with Crippen molar-refractivity contribution in [2.45, 2.75) is 19.4 Å². The average molecular weight is 231 g/mol. The van der Waals surface area contributed by atoms with E-state index in [0.717, 1.165) is 11.5 Å². The van der Waals surface area contributed by atoms with Gasteiger partial charge in [0.25, 0.3) is 5.91 Å². The van der Waals surface area contributed by atoms with Gasteiger partial charge in [0.15, 0.2) is 0 Å². The van der Waals surface area contributed by atoms with Crippen LogP contribution in [0, 0.1) is 0 Å². The molecule has 5 nitrogen and oxygen atoms in total. The van der Waals surface area contributed by atoms with E-state index in [1.54, 1.807) is 25.6 Å². The highest BCUT2D eigenvalue weighted by atomic mass is 32.2. The van der Waals surface area contributed by atoms with Crippen LogP contribution < -0.4 is 11.1 Å². The summed E-state index contributed by atoms with van der Waals surface area (Å²) in [7, 11) is 0. The molecule has 0 aromatic carbocycles. The zero-order valence-electron chi connectivity index (χ0n) is 9.08. The molecular weight excluding hydrogens is 214 g/mol. The predicted molar refractivity (Wildman–Crippen MR) is 60.7 cm³/mol. The molecule has 1 fully saturated rings. The van der Waals surface area contributed by atoms with Gasteiger partial charge >= 0.3 is 6.03 Å².